The minimum atomic E-state index is -1.14. The summed E-state index contributed by atoms with van der Waals surface area (Å²) in [4.78, 5) is 47.5. The van der Waals surface area contributed by atoms with Crippen LogP contribution in [0.1, 0.15) is 52.1 Å². The molecule has 0 radical (unpaired) electrons. The average molecular weight is 397 g/mol. The van der Waals surface area contributed by atoms with E-state index >= 15 is 0 Å². The zero-order chi connectivity index (χ0) is 21.2. The quantitative estimate of drug-likeness (QED) is 0.514. The van der Waals surface area contributed by atoms with Crippen LogP contribution in [-0.2, 0) is 16.9 Å². The first-order chi connectivity index (χ1) is 13.7. The first kappa shape index (κ1) is 20.2. The number of nitrogens with one attached hydrogen (secondary N) is 3. The molecule has 0 bridgehead atoms. The molecule has 29 heavy (non-hydrogen) atoms. The van der Waals surface area contributed by atoms with Crippen molar-refractivity contribution in [2.75, 3.05) is 0 Å². The molecule has 4 amide bonds. The van der Waals surface area contributed by atoms with E-state index < -0.39 is 29.2 Å². The maximum absolute atomic E-state index is 13.8. The van der Waals surface area contributed by atoms with E-state index in [9.17, 15) is 23.6 Å². The maximum atomic E-state index is 13.8. The Labute approximate surface area is 166 Å². The van der Waals surface area contributed by atoms with Crippen molar-refractivity contribution in [2.45, 2.75) is 32.4 Å². The molecule has 1 unspecified atom stereocenters. The maximum Gasteiger partial charge on any atom is 0.322 e. The normalized spacial score (nSPS) is 18.2. The van der Waals surface area contributed by atoms with Crippen molar-refractivity contribution in [3.05, 3.63) is 70.5 Å². The van der Waals surface area contributed by atoms with Crippen LogP contribution in [0.25, 0.3) is 0 Å². The highest BCUT2D eigenvalue weighted by Crippen LogP contribution is 2.24. The number of rotatable bonds is 6. The molecular weight excluding hydrogens is 377 g/mol. The highest BCUT2D eigenvalue weighted by molar-refractivity contribution is 6.07. The van der Waals surface area contributed by atoms with E-state index in [1.807, 2.05) is 0 Å². The fourth-order valence-electron chi connectivity index (χ4n) is 3.06. The van der Waals surface area contributed by atoms with Crippen LogP contribution in [0.2, 0.25) is 0 Å². The van der Waals surface area contributed by atoms with Crippen molar-refractivity contribution < 1.29 is 23.6 Å². The number of urea groups is 1. The van der Waals surface area contributed by atoms with Gasteiger partial charge in [0.2, 0.25) is 0 Å². The van der Waals surface area contributed by atoms with Gasteiger partial charge in [-0.1, -0.05) is 31.2 Å². The van der Waals surface area contributed by atoms with E-state index in [1.54, 1.807) is 38.1 Å². The lowest BCUT2D eigenvalue weighted by molar-refractivity contribution is -0.123. The minimum Gasteiger partial charge on any atom is -0.348 e. The lowest BCUT2D eigenvalue weighted by Gasteiger charge is -2.21. The van der Waals surface area contributed by atoms with E-state index in [-0.39, 0.29) is 29.9 Å². The predicted molar refractivity (Wildman–Crippen MR) is 103 cm³/mol. The molecule has 1 heterocycles. The highest BCUT2D eigenvalue weighted by atomic mass is 19.1. The second-order valence-electron chi connectivity index (χ2n) is 6.88. The van der Waals surface area contributed by atoms with E-state index in [0.717, 1.165) is 11.6 Å². The number of hydrogen-bond acceptors (Lipinski definition) is 4. The third-order valence-electron chi connectivity index (χ3n) is 4.88. The lowest BCUT2D eigenvalue weighted by Crippen LogP contribution is -2.40. The van der Waals surface area contributed by atoms with E-state index in [4.69, 9.17) is 0 Å². The number of carbonyl (C=O) groups is 4. The van der Waals surface area contributed by atoms with Crippen molar-refractivity contribution in [3.8, 4) is 0 Å². The summed E-state index contributed by atoms with van der Waals surface area (Å²) in [5, 5.41) is 7.50. The number of carbonyl (C=O) groups excluding carboxylic acids is 4. The molecular formula is C21H20FN3O4. The number of Topliss-reactive ketones (excluding diaryl/α,β-unsaturated/α-hetero) is 1. The molecule has 1 aliphatic heterocycles. The monoisotopic (exact) mass is 397 g/mol. The van der Waals surface area contributed by atoms with E-state index in [0.29, 0.717) is 5.56 Å². The van der Waals surface area contributed by atoms with Gasteiger partial charge >= 0.3 is 6.03 Å². The van der Waals surface area contributed by atoms with Gasteiger partial charge in [0.15, 0.2) is 5.78 Å². The number of imide groups is 1. The summed E-state index contributed by atoms with van der Waals surface area (Å²) < 4.78 is 13.8. The van der Waals surface area contributed by atoms with Gasteiger partial charge in [0.25, 0.3) is 11.8 Å². The Balaban J connectivity index is 1.68. The zero-order valence-electron chi connectivity index (χ0n) is 16.0. The smallest absolute Gasteiger partial charge is 0.322 e. The van der Waals surface area contributed by atoms with Crippen LogP contribution in [0, 0.1) is 5.82 Å². The second-order valence-corrected chi connectivity index (χ2v) is 6.88. The standard InChI is InChI=1S/C21H20FN3O4/c1-3-17(26)15-10-13(6-9-16(15)22)18(27)23-11-12-4-7-14(8-5-12)21(2)19(28)24-20(29)25-21/h4-10H,3,11H2,1-2H3,(H,23,27)(H2,24,25,28,29). The number of benzene rings is 2. The summed E-state index contributed by atoms with van der Waals surface area (Å²) in [5.41, 5.74) is 0.321. The first-order valence-electron chi connectivity index (χ1n) is 9.08. The van der Waals surface area contributed by atoms with E-state index in [2.05, 4.69) is 16.0 Å². The number of hydrogen-bond donors (Lipinski definition) is 3. The molecule has 1 saturated heterocycles. The van der Waals surface area contributed by atoms with Gasteiger partial charge in [0.05, 0.1) is 5.56 Å². The fourth-order valence-corrected chi connectivity index (χ4v) is 3.06. The minimum absolute atomic E-state index is 0.102. The average Bonchev–Trinajstić information content (AvgIpc) is 2.98. The summed E-state index contributed by atoms with van der Waals surface area (Å²) in [6.45, 7) is 3.43. The molecule has 2 aromatic rings. The molecule has 2 aromatic carbocycles. The summed E-state index contributed by atoms with van der Waals surface area (Å²) in [7, 11) is 0. The molecule has 1 aliphatic rings. The van der Waals surface area contributed by atoms with Crippen LogP contribution in [0.5, 0.6) is 0 Å². The Morgan fingerprint density at radius 2 is 1.79 bits per heavy atom. The Morgan fingerprint density at radius 3 is 2.38 bits per heavy atom. The van der Waals surface area contributed by atoms with Gasteiger partial charge in [-0.2, -0.15) is 0 Å². The van der Waals surface area contributed by atoms with E-state index in [1.165, 1.54) is 12.1 Å². The Hall–Kier alpha value is -3.55. The van der Waals surface area contributed by atoms with Crippen LogP contribution in [-0.4, -0.2) is 23.6 Å². The van der Waals surface area contributed by atoms with Gasteiger partial charge in [-0.3, -0.25) is 19.7 Å². The SMILES string of the molecule is CCC(=O)c1cc(C(=O)NCc2ccc(C3(C)NC(=O)NC3=O)cc2)ccc1F. The van der Waals surface area contributed by atoms with Crippen LogP contribution in [0.15, 0.2) is 42.5 Å². The zero-order valence-corrected chi connectivity index (χ0v) is 16.0. The van der Waals surface area contributed by atoms with Crippen molar-refractivity contribution in [2.24, 2.45) is 0 Å². The molecule has 1 fully saturated rings. The Morgan fingerprint density at radius 1 is 1.10 bits per heavy atom. The molecule has 3 N–H and O–H groups in total. The third kappa shape index (κ3) is 4.01. The summed E-state index contributed by atoms with van der Waals surface area (Å²) in [6.07, 6.45) is 0.145. The first-order valence-corrected chi connectivity index (χ1v) is 9.08. The van der Waals surface area contributed by atoms with Gasteiger partial charge in [0.1, 0.15) is 11.4 Å². The molecule has 0 aromatic heterocycles. The molecule has 1 atom stereocenters. The topological polar surface area (TPSA) is 104 Å². The van der Waals surface area contributed by atoms with Crippen molar-refractivity contribution in [1.82, 2.24) is 16.0 Å². The van der Waals surface area contributed by atoms with Gasteiger partial charge < -0.3 is 10.6 Å². The summed E-state index contributed by atoms with van der Waals surface area (Å²) in [6, 6.07) is 9.99. The summed E-state index contributed by atoms with van der Waals surface area (Å²) >= 11 is 0. The van der Waals surface area contributed by atoms with Crippen molar-refractivity contribution in [3.63, 3.8) is 0 Å². The fraction of sp³-hybridized carbons (Fsp3) is 0.238. The van der Waals surface area contributed by atoms with Gasteiger partial charge in [-0.15, -0.1) is 0 Å². The van der Waals surface area contributed by atoms with Gasteiger partial charge in [0, 0.05) is 18.5 Å². The molecule has 0 saturated carbocycles. The van der Waals surface area contributed by atoms with Crippen molar-refractivity contribution >= 4 is 23.6 Å². The molecule has 3 rings (SSSR count). The van der Waals surface area contributed by atoms with Crippen LogP contribution < -0.4 is 16.0 Å². The Kier molecular flexibility index (Phi) is 5.45. The number of ketones is 1. The van der Waals surface area contributed by atoms with Gasteiger partial charge in [-0.05, 0) is 36.2 Å². The largest absolute Gasteiger partial charge is 0.348 e. The van der Waals surface area contributed by atoms with Crippen LogP contribution in [0.3, 0.4) is 0 Å². The molecule has 150 valence electrons. The van der Waals surface area contributed by atoms with Crippen molar-refractivity contribution in [1.29, 1.82) is 0 Å². The Bertz CT molecular complexity index is 1000. The van der Waals surface area contributed by atoms with Gasteiger partial charge in [-0.25, -0.2) is 9.18 Å². The third-order valence-corrected chi connectivity index (χ3v) is 4.88. The lowest BCUT2D eigenvalue weighted by atomic mass is 9.91. The molecule has 0 aliphatic carbocycles. The highest BCUT2D eigenvalue weighted by Gasteiger charge is 2.43. The molecule has 0 spiro atoms. The van der Waals surface area contributed by atoms with Crippen LogP contribution in [0.4, 0.5) is 9.18 Å². The number of amides is 4. The molecule has 8 heteroatoms. The predicted octanol–water partition coefficient (Wildman–Crippen LogP) is 2.40. The van der Waals surface area contributed by atoms with Crippen LogP contribution >= 0.6 is 0 Å². The second kappa shape index (κ2) is 7.83. The summed E-state index contributed by atoms with van der Waals surface area (Å²) in [5.74, 6) is -1.89. The molecule has 7 nitrogen and oxygen atoms in total. The number of halogens is 1.